The first-order chi connectivity index (χ1) is 16.4. The molecule has 0 saturated carbocycles. The molecule has 1 saturated heterocycles. The number of furan rings is 1. The number of thiocarbonyl (C=S) groups is 1. The molecule has 1 amide bonds. The molecule has 2 aromatic carbocycles. The van der Waals surface area contributed by atoms with Crippen LogP contribution >= 0.6 is 12.2 Å². The Morgan fingerprint density at radius 1 is 1.09 bits per heavy atom. The number of benzene rings is 2. The standard InChI is InChI=1S/C24H24N4O5S/c29-15-19-9-11-22(33-19)16-4-7-18(8-5-16)25-24(34)26-23(30)17-6-10-20(21(14-17)28(31)32)27-12-2-1-3-13-27/h4-11,14,29H,1-3,12-13,15H2,(H2,25,26,30,34). The molecule has 1 aliphatic heterocycles. The molecular formula is C24H24N4O5S. The number of amides is 1. The molecular weight excluding hydrogens is 456 g/mol. The van der Waals surface area contributed by atoms with Gasteiger partial charge in [0.25, 0.3) is 11.6 Å². The van der Waals surface area contributed by atoms with Crippen molar-refractivity contribution in [2.24, 2.45) is 0 Å². The molecule has 0 spiro atoms. The van der Waals surface area contributed by atoms with Crippen LogP contribution in [0.4, 0.5) is 17.1 Å². The van der Waals surface area contributed by atoms with E-state index < -0.39 is 10.8 Å². The van der Waals surface area contributed by atoms with E-state index in [2.05, 4.69) is 10.6 Å². The number of nitro benzene ring substituents is 1. The summed E-state index contributed by atoms with van der Waals surface area (Å²) in [6, 6.07) is 15.1. The van der Waals surface area contributed by atoms with Gasteiger partial charge in [-0.05, 0) is 80.0 Å². The summed E-state index contributed by atoms with van der Waals surface area (Å²) in [5.74, 6) is 0.570. The van der Waals surface area contributed by atoms with E-state index in [0.717, 1.165) is 37.9 Å². The van der Waals surface area contributed by atoms with Crippen LogP contribution in [0.3, 0.4) is 0 Å². The summed E-state index contributed by atoms with van der Waals surface area (Å²) in [5, 5.41) is 26.3. The fraction of sp³-hybridized carbons (Fsp3) is 0.250. The van der Waals surface area contributed by atoms with Crippen molar-refractivity contribution < 1.29 is 19.2 Å². The van der Waals surface area contributed by atoms with Gasteiger partial charge in [0, 0.05) is 36.0 Å². The monoisotopic (exact) mass is 480 g/mol. The Morgan fingerprint density at radius 3 is 2.47 bits per heavy atom. The lowest BCUT2D eigenvalue weighted by Gasteiger charge is -2.28. The average Bonchev–Trinajstić information content (AvgIpc) is 3.34. The first-order valence-electron chi connectivity index (χ1n) is 10.9. The minimum absolute atomic E-state index is 0.0704. The Hall–Kier alpha value is -3.76. The molecule has 2 heterocycles. The molecule has 3 aromatic rings. The number of piperidine rings is 1. The van der Waals surface area contributed by atoms with E-state index in [1.807, 2.05) is 17.0 Å². The number of hydrogen-bond donors (Lipinski definition) is 3. The predicted molar refractivity (Wildman–Crippen MR) is 133 cm³/mol. The van der Waals surface area contributed by atoms with E-state index in [1.165, 1.54) is 6.07 Å². The lowest BCUT2D eigenvalue weighted by atomic mass is 10.1. The van der Waals surface area contributed by atoms with Crippen molar-refractivity contribution in [3.8, 4) is 11.3 Å². The van der Waals surface area contributed by atoms with Crippen LogP contribution in [0.5, 0.6) is 0 Å². The molecule has 0 radical (unpaired) electrons. The van der Waals surface area contributed by atoms with Gasteiger partial charge in [0.2, 0.25) is 0 Å². The van der Waals surface area contributed by atoms with Crippen LogP contribution in [-0.4, -0.2) is 34.1 Å². The third kappa shape index (κ3) is 5.41. The largest absolute Gasteiger partial charge is 0.459 e. The molecule has 34 heavy (non-hydrogen) atoms. The number of rotatable bonds is 6. The van der Waals surface area contributed by atoms with Crippen LogP contribution in [0, 0.1) is 10.1 Å². The zero-order valence-corrected chi connectivity index (χ0v) is 19.1. The van der Waals surface area contributed by atoms with Crippen molar-refractivity contribution >= 4 is 40.3 Å². The zero-order valence-electron chi connectivity index (χ0n) is 18.3. The van der Waals surface area contributed by atoms with Gasteiger partial charge in [-0.3, -0.25) is 20.2 Å². The third-order valence-corrected chi connectivity index (χ3v) is 5.81. The Bertz CT molecular complexity index is 1200. The second-order valence-corrected chi connectivity index (χ2v) is 8.33. The Kier molecular flexibility index (Phi) is 7.19. The summed E-state index contributed by atoms with van der Waals surface area (Å²) in [5.41, 5.74) is 2.07. The molecule has 4 rings (SSSR count). The number of nitro groups is 1. The maximum absolute atomic E-state index is 12.7. The minimum Gasteiger partial charge on any atom is -0.459 e. The van der Waals surface area contributed by atoms with Gasteiger partial charge in [0.05, 0.1) is 4.92 Å². The summed E-state index contributed by atoms with van der Waals surface area (Å²) in [4.78, 5) is 25.8. The molecule has 1 aromatic heterocycles. The normalized spacial score (nSPS) is 13.4. The molecule has 9 nitrogen and oxygen atoms in total. The number of nitrogens with zero attached hydrogens (tertiary/aromatic N) is 2. The molecule has 3 N–H and O–H groups in total. The maximum Gasteiger partial charge on any atom is 0.293 e. The van der Waals surface area contributed by atoms with Crippen molar-refractivity contribution in [3.63, 3.8) is 0 Å². The summed E-state index contributed by atoms with van der Waals surface area (Å²) in [6.45, 7) is 1.36. The fourth-order valence-corrected chi connectivity index (χ4v) is 4.10. The number of carbonyl (C=O) groups excluding carboxylic acids is 1. The summed E-state index contributed by atoms with van der Waals surface area (Å²) in [7, 11) is 0. The number of nitrogens with one attached hydrogen (secondary N) is 2. The lowest BCUT2D eigenvalue weighted by Crippen LogP contribution is -2.34. The van der Waals surface area contributed by atoms with Gasteiger partial charge in [0.1, 0.15) is 23.8 Å². The topological polar surface area (TPSA) is 121 Å². The quantitative estimate of drug-likeness (QED) is 0.269. The highest BCUT2D eigenvalue weighted by Gasteiger charge is 2.23. The summed E-state index contributed by atoms with van der Waals surface area (Å²) < 4.78 is 5.51. The Balaban J connectivity index is 1.40. The third-order valence-electron chi connectivity index (χ3n) is 5.60. The van der Waals surface area contributed by atoms with E-state index in [0.29, 0.717) is 22.9 Å². The maximum atomic E-state index is 12.7. The molecule has 176 valence electrons. The van der Waals surface area contributed by atoms with E-state index in [9.17, 15) is 14.9 Å². The number of aliphatic hydroxyl groups excluding tert-OH is 1. The number of anilines is 2. The van der Waals surface area contributed by atoms with Gasteiger partial charge in [-0.2, -0.15) is 0 Å². The SMILES string of the molecule is O=C(NC(=S)Nc1ccc(-c2ccc(CO)o2)cc1)c1ccc(N2CCCCC2)c([N+](=O)[O-])c1. The van der Waals surface area contributed by atoms with Gasteiger partial charge in [0.15, 0.2) is 5.11 Å². The highest BCUT2D eigenvalue weighted by Crippen LogP contribution is 2.31. The van der Waals surface area contributed by atoms with Crippen molar-refractivity contribution in [1.82, 2.24) is 5.32 Å². The van der Waals surface area contributed by atoms with Crippen LogP contribution in [0.25, 0.3) is 11.3 Å². The molecule has 1 fully saturated rings. The average molecular weight is 481 g/mol. The molecule has 10 heteroatoms. The van der Waals surface area contributed by atoms with E-state index in [1.54, 1.807) is 36.4 Å². The number of aliphatic hydroxyl groups is 1. The number of carbonyl (C=O) groups is 1. The Morgan fingerprint density at radius 2 is 1.82 bits per heavy atom. The van der Waals surface area contributed by atoms with Crippen molar-refractivity contribution in [1.29, 1.82) is 0 Å². The van der Waals surface area contributed by atoms with Gasteiger partial charge < -0.3 is 19.7 Å². The van der Waals surface area contributed by atoms with Crippen LogP contribution in [0.1, 0.15) is 35.4 Å². The summed E-state index contributed by atoms with van der Waals surface area (Å²) in [6.07, 6.45) is 3.10. The molecule has 0 aliphatic carbocycles. The smallest absolute Gasteiger partial charge is 0.293 e. The highest BCUT2D eigenvalue weighted by atomic mass is 32.1. The predicted octanol–water partition coefficient (Wildman–Crippen LogP) is 4.46. The second-order valence-electron chi connectivity index (χ2n) is 7.92. The van der Waals surface area contributed by atoms with Crippen LogP contribution < -0.4 is 15.5 Å². The summed E-state index contributed by atoms with van der Waals surface area (Å²) >= 11 is 5.24. The fourth-order valence-electron chi connectivity index (χ4n) is 3.89. The molecule has 0 atom stereocenters. The lowest BCUT2D eigenvalue weighted by molar-refractivity contribution is -0.384. The first kappa shape index (κ1) is 23.4. The van der Waals surface area contributed by atoms with Gasteiger partial charge in [-0.15, -0.1) is 0 Å². The van der Waals surface area contributed by atoms with Gasteiger partial charge >= 0.3 is 0 Å². The van der Waals surface area contributed by atoms with Crippen molar-refractivity contribution in [2.45, 2.75) is 25.9 Å². The van der Waals surface area contributed by atoms with Crippen LogP contribution in [-0.2, 0) is 6.61 Å². The van der Waals surface area contributed by atoms with Gasteiger partial charge in [-0.1, -0.05) is 0 Å². The molecule has 0 bridgehead atoms. The minimum atomic E-state index is -0.533. The molecule has 0 unspecified atom stereocenters. The zero-order chi connectivity index (χ0) is 24.1. The van der Waals surface area contributed by atoms with Crippen molar-refractivity contribution in [3.05, 3.63) is 76.0 Å². The molecule has 1 aliphatic rings. The van der Waals surface area contributed by atoms with Gasteiger partial charge in [-0.25, -0.2) is 0 Å². The first-order valence-corrected chi connectivity index (χ1v) is 11.3. The van der Waals surface area contributed by atoms with E-state index in [4.69, 9.17) is 21.7 Å². The van der Waals surface area contributed by atoms with Crippen LogP contribution in [0.2, 0.25) is 0 Å². The number of hydrogen-bond acceptors (Lipinski definition) is 7. The highest BCUT2D eigenvalue weighted by molar-refractivity contribution is 7.80. The van der Waals surface area contributed by atoms with E-state index in [-0.39, 0.29) is 23.0 Å². The van der Waals surface area contributed by atoms with Crippen molar-refractivity contribution in [2.75, 3.05) is 23.3 Å². The van der Waals surface area contributed by atoms with E-state index >= 15 is 0 Å². The van der Waals surface area contributed by atoms with Crippen LogP contribution in [0.15, 0.2) is 59.0 Å². The Labute approximate surface area is 201 Å². The second kappa shape index (κ2) is 10.4.